The minimum absolute atomic E-state index is 0.0455. The lowest BCUT2D eigenvalue weighted by Crippen LogP contribution is -2.44. The second-order valence-corrected chi connectivity index (χ2v) is 8.49. The van der Waals surface area contributed by atoms with E-state index in [9.17, 15) is 9.59 Å². The lowest BCUT2D eigenvalue weighted by Gasteiger charge is -2.34. The minimum atomic E-state index is -0.0455. The molecule has 1 aliphatic carbocycles. The predicted octanol–water partition coefficient (Wildman–Crippen LogP) is 2.67. The summed E-state index contributed by atoms with van der Waals surface area (Å²) in [5, 5.41) is 0.499. The van der Waals surface area contributed by atoms with Gasteiger partial charge in [-0.05, 0) is 37.7 Å². The van der Waals surface area contributed by atoms with Crippen molar-refractivity contribution in [2.45, 2.75) is 32.2 Å². The SMILES string of the molecule is COc1cc2c(cc1Cl)n(C[C@H]1CC[C@H](C(=O)N3CCOCC3)CC1)c(=O)n2C. The van der Waals surface area contributed by atoms with Crippen LogP contribution in [0.2, 0.25) is 5.02 Å². The monoisotopic (exact) mass is 421 g/mol. The van der Waals surface area contributed by atoms with E-state index in [4.69, 9.17) is 21.1 Å². The van der Waals surface area contributed by atoms with Crippen molar-refractivity contribution < 1.29 is 14.3 Å². The number of aromatic nitrogens is 2. The second kappa shape index (κ2) is 8.40. The number of imidazole rings is 1. The van der Waals surface area contributed by atoms with Crippen LogP contribution in [0.4, 0.5) is 0 Å². The van der Waals surface area contributed by atoms with Gasteiger partial charge in [0, 0.05) is 38.7 Å². The highest BCUT2D eigenvalue weighted by atomic mass is 35.5. The van der Waals surface area contributed by atoms with Gasteiger partial charge in [-0.25, -0.2) is 4.79 Å². The molecule has 0 unspecified atom stereocenters. The van der Waals surface area contributed by atoms with E-state index in [-0.39, 0.29) is 17.5 Å². The van der Waals surface area contributed by atoms with E-state index in [2.05, 4.69) is 0 Å². The summed E-state index contributed by atoms with van der Waals surface area (Å²) in [6.45, 7) is 3.33. The highest BCUT2D eigenvalue weighted by Gasteiger charge is 2.31. The number of aryl methyl sites for hydroxylation is 1. The number of amides is 1. The standard InChI is InChI=1S/C21H28ClN3O4/c1-23-17-12-19(28-2)16(22)11-18(17)25(21(23)27)13-14-3-5-15(6-4-14)20(26)24-7-9-29-10-8-24/h11-12,14-15H,3-10,13H2,1-2H3/t14-,15-. The molecule has 2 aromatic rings. The van der Waals surface area contributed by atoms with Crippen LogP contribution in [0.1, 0.15) is 25.7 Å². The number of morpholine rings is 1. The first kappa shape index (κ1) is 20.3. The van der Waals surface area contributed by atoms with E-state index < -0.39 is 0 Å². The van der Waals surface area contributed by atoms with Crippen molar-refractivity contribution in [3.05, 3.63) is 27.6 Å². The van der Waals surface area contributed by atoms with Gasteiger partial charge in [0.2, 0.25) is 5.91 Å². The Morgan fingerprint density at radius 1 is 1.17 bits per heavy atom. The van der Waals surface area contributed by atoms with Crippen molar-refractivity contribution in [2.75, 3.05) is 33.4 Å². The maximum atomic E-state index is 12.8. The Morgan fingerprint density at radius 3 is 2.52 bits per heavy atom. The predicted molar refractivity (Wildman–Crippen MR) is 112 cm³/mol. The van der Waals surface area contributed by atoms with Crippen LogP contribution in [0.15, 0.2) is 16.9 Å². The highest BCUT2D eigenvalue weighted by molar-refractivity contribution is 6.32. The number of benzene rings is 1. The average Bonchev–Trinajstić information content (AvgIpc) is 2.98. The first-order chi connectivity index (χ1) is 14.0. The molecule has 1 saturated heterocycles. The molecule has 4 rings (SSSR count). The van der Waals surface area contributed by atoms with Gasteiger partial charge in [0.25, 0.3) is 0 Å². The van der Waals surface area contributed by atoms with Gasteiger partial charge in [-0.2, -0.15) is 0 Å². The fourth-order valence-electron chi connectivity index (χ4n) is 4.63. The van der Waals surface area contributed by atoms with Crippen LogP contribution < -0.4 is 10.4 Å². The Balaban J connectivity index is 1.46. The zero-order valence-electron chi connectivity index (χ0n) is 17.0. The highest BCUT2D eigenvalue weighted by Crippen LogP contribution is 2.33. The number of halogens is 1. The number of nitrogens with zero attached hydrogens (tertiary/aromatic N) is 3. The van der Waals surface area contributed by atoms with Gasteiger partial charge in [-0.3, -0.25) is 13.9 Å². The summed E-state index contributed by atoms with van der Waals surface area (Å²) in [5.74, 6) is 1.32. The summed E-state index contributed by atoms with van der Waals surface area (Å²) < 4.78 is 14.1. The van der Waals surface area contributed by atoms with Crippen LogP contribution in [-0.2, 0) is 23.1 Å². The van der Waals surface area contributed by atoms with Crippen LogP contribution in [0, 0.1) is 11.8 Å². The molecular weight excluding hydrogens is 394 g/mol. The molecule has 1 aliphatic heterocycles. The molecule has 0 N–H and O–H groups in total. The van der Waals surface area contributed by atoms with Gasteiger partial charge in [-0.1, -0.05) is 11.6 Å². The lowest BCUT2D eigenvalue weighted by atomic mass is 9.81. The van der Waals surface area contributed by atoms with Crippen LogP contribution in [-0.4, -0.2) is 53.4 Å². The molecule has 2 fully saturated rings. The Bertz CT molecular complexity index is 953. The molecule has 0 atom stereocenters. The third-order valence-corrected chi connectivity index (χ3v) is 6.67. The largest absolute Gasteiger partial charge is 0.495 e. The van der Waals surface area contributed by atoms with Crippen LogP contribution in [0.5, 0.6) is 5.75 Å². The summed E-state index contributed by atoms with van der Waals surface area (Å²) in [6, 6.07) is 3.62. The maximum Gasteiger partial charge on any atom is 0.328 e. The molecule has 2 heterocycles. The van der Waals surface area contributed by atoms with Gasteiger partial charge in [0.1, 0.15) is 5.75 Å². The number of ether oxygens (including phenoxy) is 2. The van der Waals surface area contributed by atoms with Crippen LogP contribution in [0.3, 0.4) is 0 Å². The molecule has 0 radical (unpaired) electrons. The Hall–Kier alpha value is -1.99. The number of methoxy groups -OCH3 is 1. The molecule has 8 heteroatoms. The van der Waals surface area contributed by atoms with E-state index in [0.717, 1.165) is 36.7 Å². The molecule has 158 valence electrons. The van der Waals surface area contributed by atoms with Crippen molar-refractivity contribution in [2.24, 2.45) is 18.9 Å². The number of carbonyl (C=O) groups is 1. The Kier molecular flexibility index (Phi) is 5.88. The topological polar surface area (TPSA) is 65.7 Å². The van der Waals surface area contributed by atoms with Gasteiger partial charge in [0.05, 0.1) is 36.4 Å². The molecule has 0 spiro atoms. The van der Waals surface area contributed by atoms with Crippen molar-refractivity contribution in [1.29, 1.82) is 0 Å². The Labute approximate surface area is 175 Å². The maximum absolute atomic E-state index is 12.8. The number of hydrogen-bond donors (Lipinski definition) is 0. The number of carbonyl (C=O) groups excluding carboxylic acids is 1. The Morgan fingerprint density at radius 2 is 1.86 bits per heavy atom. The fourth-order valence-corrected chi connectivity index (χ4v) is 4.86. The summed E-state index contributed by atoms with van der Waals surface area (Å²) in [5.41, 5.74) is 1.60. The van der Waals surface area contributed by atoms with E-state index in [1.165, 1.54) is 0 Å². The third kappa shape index (κ3) is 3.90. The second-order valence-electron chi connectivity index (χ2n) is 8.08. The summed E-state index contributed by atoms with van der Waals surface area (Å²) >= 11 is 6.31. The smallest absolute Gasteiger partial charge is 0.328 e. The van der Waals surface area contributed by atoms with Gasteiger partial charge < -0.3 is 14.4 Å². The van der Waals surface area contributed by atoms with Crippen molar-refractivity contribution >= 4 is 28.5 Å². The van der Waals surface area contributed by atoms with Gasteiger partial charge >= 0.3 is 5.69 Å². The normalized spacial score (nSPS) is 22.8. The van der Waals surface area contributed by atoms with Gasteiger partial charge in [-0.15, -0.1) is 0 Å². The molecule has 29 heavy (non-hydrogen) atoms. The van der Waals surface area contributed by atoms with Crippen LogP contribution >= 0.6 is 11.6 Å². The summed E-state index contributed by atoms with van der Waals surface area (Å²) in [4.78, 5) is 27.5. The van der Waals surface area contributed by atoms with Crippen molar-refractivity contribution in [1.82, 2.24) is 14.0 Å². The zero-order valence-corrected chi connectivity index (χ0v) is 17.8. The first-order valence-corrected chi connectivity index (χ1v) is 10.7. The summed E-state index contributed by atoms with van der Waals surface area (Å²) in [6.07, 6.45) is 3.67. The van der Waals surface area contributed by atoms with E-state index in [1.807, 2.05) is 21.6 Å². The molecule has 1 aromatic carbocycles. The molecule has 1 aromatic heterocycles. The molecule has 1 saturated carbocycles. The number of hydrogen-bond acceptors (Lipinski definition) is 4. The minimum Gasteiger partial charge on any atom is -0.495 e. The molecule has 0 bridgehead atoms. The van der Waals surface area contributed by atoms with Gasteiger partial charge in [0.15, 0.2) is 0 Å². The van der Waals surface area contributed by atoms with E-state index >= 15 is 0 Å². The number of fused-ring (bicyclic) bond motifs is 1. The summed E-state index contributed by atoms with van der Waals surface area (Å²) in [7, 11) is 3.34. The molecule has 2 aliphatic rings. The van der Waals surface area contributed by atoms with Crippen molar-refractivity contribution in [3.63, 3.8) is 0 Å². The molecule has 7 nitrogen and oxygen atoms in total. The lowest BCUT2D eigenvalue weighted by molar-refractivity contribution is -0.141. The molecule has 1 amide bonds. The average molecular weight is 422 g/mol. The van der Waals surface area contributed by atoms with Crippen LogP contribution in [0.25, 0.3) is 11.0 Å². The van der Waals surface area contributed by atoms with E-state index in [0.29, 0.717) is 49.5 Å². The zero-order chi connectivity index (χ0) is 20.5. The third-order valence-electron chi connectivity index (χ3n) is 6.38. The van der Waals surface area contributed by atoms with Crippen molar-refractivity contribution in [3.8, 4) is 5.75 Å². The fraction of sp³-hybridized carbons (Fsp3) is 0.619. The first-order valence-electron chi connectivity index (χ1n) is 10.3. The number of rotatable bonds is 4. The van der Waals surface area contributed by atoms with E-state index in [1.54, 1.807) is 18.7 Å². The quantitative estimate of drug-likeness (QED) is 0.761. The molecular formula is C21H28ClN3O4.